The van der Waals surface area contributed by atoms with E-state index in [2.05, 4.69) is 64.1 Å². The lowest BCUT2D eigenvalue weighted by Gasteiger charge is -2.21. The maximum atomic E-state index is 8.58. The van der Waals surface area contributed by atoms with Crippen LogP contribution < -0.4 is 0 Å². The van der Waals surface area contributed by atoms with Crippen molar-refractivity contribution in [3.8, 4) is 77.9 Å². The zero-order valence-electron chi connectivity index (χ0n) is 119. The highest BCUT2D eigenvalue weighted by molar-refractivity contribution is 5.77. The standard InChI is InChI=1S/C22H30.C18H22.C17H20.3C16H18.C15H16/c1-13(2)20-11-19(12-21(14(3)4)18(20)8)22-16(6)9-15(5)10-17(22)7;1-11-7-14(4)18(15(5)8-11)17-9-12(2)16(6)13(3)10-17;1-11-6-7-17(14(4)8-11)16-9-12(2)15(5)13(3)10-16;3*1-11-5-8-16(14(4)9-11)15-7-6-12(2)13(3)10-15;1-11-8-9-14(10-13(11)3)15-7-5-4-6-12(15)2/h9-14H,1-8H3;7-10H,1-6H3;6-10H,1-5H3;3*5-10H,1-4H3;4-10H,1-3H3/i6D3,7D3,13D,14D;2D3,3D3,4D3,5D3;2D3,3D3,4D3;2*3D3,4D3;;2D3,3D3. The van der Waals surface area contributed by atoms with Crippen LogP contribution in [0.3, 0.4) is 0 Å². The second-order valence-corrected chi connectivity index (χ2v) is 31.5. The van der Waals surface area contributed by atoms with Crippen molar-refractivity contribution in [2.75, 3.05) is 0 Å². The van der Waals surface area contributed by atoms with Gasteiger partial charge in [-0.1, -0.05) is 292 Å². The SMILES string of the molecule is Cc1ccc(-c2ccc(C)c(C)c2)c(C)c1.[2H]C([2H])([2H])c1cc(-c2c(C([2H])([2H])[2H])cc(C)cc2C([2H])([2H])[2H])cc(C([2H])([2H])[2H])c1C.[2H]C([2H])([2H])c1cc(-c2ccc(C)cc2C([2H])([2H])[2H])ccc1C.[2H]C([2H])([2H])c1cc(-c2ccc(C)cc2C([2H])([2H])[2H])ccc1C.[2H]C([2H])([2H])c1cc(-c2ccccc2C([2H])([2H])[2H])ccc1C.[2H]C([2H])([2H])c1cc(C)cc(C([2H])([2H])[2H])c1-c1cc(C([2H])(C)C)c(C)c(C([2H])(C)C)c1.[2H]C([2H])([2H])c1cc(C)ccc1-c1cc(C([2H])([2H])[2H])c(C)c(C([2H])([2H])[2H])c1. The summed E-state index contributed by atoms with van der Waals surface area (Å²) in [6.45, 7) is -2.46. The molecule has 0 heterocycles. The van der Waals surface area contributed by atoms with E-state index in [-0.39, 0.29) is 117 Å². The fourth-order valence-electron chi connectivity index (χ4n) is 13.7. The quantitative estimate of drug-likeness (QED) is 0.135. The summed E-state index contributed by atoms with van der Waals surface area (Å²) in [6, 6.07) is 64.6. The summed E-state index contributed by atoms with van der Waals surface area (Å²) in [5.74, 6) is -2.02. The molecule has 0 saturated carbocycles. The summed E-state index contributed by atoms with van der Waals surface area (Å²) in [5, 5.41) is 0. The molecule has 14 rings (SSSR count). The van der Waals surface area contributed by atoms with Crippen LogP contribution in [0.1, 0.15) is 282 Å². The van der Waals surface area contributed by atoms with E-state index in [0.717, 1.165) is 22.3 Å². The fourth-order valence-corrected chi connectivity index (χ4v) is 13.7. The van der Waals surface area contributed by atoms with Crippen LogP contribution in [0.25, 0.3) is 77.9 Å². The average Bonchev–Trinajstić information content (AvgIpc) is 0.738. The van der Waals surface area contributed by atoms with E-state index >= 15 is 0 Å². The molecule has 0 aliphatic carbocycles. The van der Waals surface area contributed by atoms with Crippen LogP contribution in [0.4, 0.5) is 0 Å². The predicted octanol–water partition coefficient (Wildman–Crippen LogP) is 35.0. The molecule has 0 N–H and O–H groups in total. The third-order valence-electron chi connectivity index (χ3n) is 21.1. The first-order chi connectivity index (χ1) is 75.3. The number of rotatable bonds is 9. The first-order valence-corrected chi connectivity index (χ1v) is 39.5. The molecule has 0 radical (unpaired) electrons. The van der Waals surface area contributed by atoms with E-state index in [9.17, 15) is 0 Å². The van der Waals surface area contributed by atoms with Crippen molar-refractivity contribution in [1.29, 1.82) is 0 Å². The number of hydrogen-bond donors (Lipinski definition) is 0. The van der Waals surface area contributed by atoms with Crippen molar-refractivity contribution < 1.29 is 64.4 Å². The highest BCUT2D eigenvalue weighted by Crippen LogP contribution is 2.39. The van der Waals surface area contributed by atoms with Crippen LogP contribution in [0.2, 0.25) is 0 Å². The maximum absolute atomic E-state index is 8.58. The molecule has 0 spiro atoms. The van der Waals surface area contributed by atoms with Gasteiger partial charge in [-0.25, -0.2) is 0 Å². The minimum atomic E-state index is -2.70. The van der Waals surface area contributed by atoms with Gasteiger partial charge in [0.1, 0.15) is 0 Å². The summed E-state index contributed by atoms with van der Waals surface area (Å²) in [7, 11) is 0. The Bertz CT molecular complexity index is 7410. The lowest BCUT2D eigenvalue weighted by molar-refractivity contribution is 0.818. The molecule has 0 bridgehead atoms. The third-order valence-corrected chi connectivity index (χ3v) is 21.1. The van der Waals surface area contributed by atoms with Gasteiger partial charge >= 0.3 is 0 Å². The lowest BCUT2D eigenvalue weighted by Crippen LogP contribution is -2.02. The maximum Gasteiger partial charge on any atom is 0.0347 e. The Morgan fingerprint density at radius 2 is 0.425 bits per heavy atom. The monoisotopic (exact) mass is 1630 g/mol. The second-order valence-electron chi connectivity index (χ2n) is 31.5. The summed E-state index contributed by atoms with van der Waals surface area (Å²) < 4.78 is 366. The van der Waals surface area contributed by atoms with Gasteiger partial charge in [-0.2, -0.15) is 0 Å². The first kappa shape index (κ1) is 47.9. The van der Waals surface area contributed by atoms with Gasteiger partial charge in [-0.3, -0.25) is 0 Å². The Morgan fingerprint density at radius 1 is 0.175 bits per heavy atom. The average molecular weight is 1630 g/mol. The fraction of sp³-hybridized carbons (Fsp3) is 0.300. The van der Waals surface area contributed by atoms with Crippen LogP contribution in [-0.4, -0.2) is 0 Å². The van der Waals surface area contributed by atoms with Crippen molar-refractivity contribution in [2.24, 2.45) is 0 Å². The first-order valence-electron chi connectivity index (χ1n) is 63.0. The summed E-state index contributed by atoms with van der Waals surface area (Å²) in [6.07, 6.45) is 0. The highest BCUT2D eigenvalue weighted by Gasteiger charge is 2.18. The zero-order valence-corrected chi connectivity index (χ0v) is 72.4. The van der Waals surface area contributed by atoms with Crippen LogP contribution >= 0.6 is 0 Å². The van der Waals surface area contributed by atoms with Gasteiger partial charge in [0.2, 0.25) is 0 Å². The number of benzene rings is 14. The molecule has 0 amide bonds. The van der Waals surface area contributed by atoms with Crippen molar-refractivity contribution in [3.63, 3.8) is 0 Å². The number of hydrogen-bond acceptors (Lipinski definition) is 0. The van der Waals surface area contributed by atoms with E-state index < -0.39 is 115 Å². The molecule has 120 heavy (non-hydrogen) atoms. The molecule has 0 aliphatic heterocycles. The van der Waals surface area contributed by atoms with Crippen molar-refractivity contribution in [3.05, 3.63) is 409 Å². The number of aryl methyl sites for hydroxylation is 27. The van der Waals surface area contributed by atoms with Gasteiger partial charge in [0, 0.05) is 64.4 Å². The molecule has 0 atom stereocenters. The summed E-state index contributed by atoms with van der Waals surface area (Å²) in [5.41, 5.74) is 20.4. The zero-order chi connectivity index (χ0) is 128. The van der Waals surface area contributed by atoms with Crippen molar-refractivity contribution in [1.82, 2.24) is 0 Å². The Balaban J connectivity index is 0.000000237. The van der Waals surface area contributed by atoms with Gasteiger partial charge in [-0.05, 0) is 441 Å². The molecule has 14 aromatic rings. The van der Waals surface area contributed by atoms with E-state index in [1.54, 1.807) is 197 Å². The molecule has 0 fully saturated rings. The van der Waals surface area contributed by atoms with E-state index in [4.69, 9.17) is 64.4 Å². The van der Waals surface area contributed by atoms with E-state index in [1.165, 1.54) is 102 Å². The lowest BCUT2D eigenvalue weighted by atomic mass is 9.84. The van der Waals surface area contributed by atoms with E-state index in [1.807, 2.05) is 32.9 Å². The van der Waals surface area contributed by atoms with Gasteiger partial charge in [0.25, 0.3) is 0 Å². The minimum absolute atomic E-state index is 0.0278. The van der Waals surface area contributed by atoms with Crippen molar-refractivity contribution in [2.45, 2.75) is 246 Å². The second kappa shape index (κ2) is 42.3. The molecular formula is C120H142. The Hall–Kier alpha value is -10.9. The van der Waals surface area contributed by atoms with Crippen LogP contribution in [0.5, 0.6) is 0 Å². The molecule has 0 aromatic heterocycles. The topological polar surface area (TPSA) is 0 Å². The van der Waals surface area contributed by atoms with Crippen LogP contribution in [0.15, 0.2) is 231 Å². The van der Waals surface area contributed by atoms with Gasteiger partial charge in [0.15, 0.2) is 0 Å². The molecule has 0 aliphatic rings. The van der Waals surface area contributed by atoms with E-state index in [0.29, 0.717) is 83.5 Å². The van der Waals surface area contributed by atoms with Gasteiger partial charge < -0.3 is 0 Å². The highest BCUT2D eigenvalue weighted by atomic mass is 14.2. The molecule has 0 unspecified atom stereocenters. The summed E-state index contributed by atoms with van der Waals surface area (Å²) in [4.78, 5) is 0. The Labute approximate surface area is 794 Å². The van der Waals surface area contributed by atoms with Gasteiger partial charge in [0.05, 0.1) is 0 Å². The largest absolute Gasteiger partial charge is 0.0620 e. The van der Waals surface area contributed by atoms with Gasteiger partial charge in [-0.15, -0.1) is 0 Å². The van der Waals surface area contributed by atoms with Crippen LogP contribution in [-0.2, 0) is 0 Å². The van der Waals surface area contributed by atoms with Crippen molar-refractivity contribution >= 4 is 0 Å². The Kier molecular flexibility index (Phi) is 16.9. The predicted molar refractivity (Wildman–Crippen MR) is 533 cm³/mol. The molecule has 14 aromatic carbocycles. The molecule has 0 heteroatoms. The third kappa shape index (κ3) is 24.9. The normalized spacial score (nSPS) is 18.3. The molecule has 0 saturated heterocycles. The van der Waals surface area contributed by atoms with Crippen LogP contribution in [0, 0.1) is 207 Å². The Morgan fingerprint density at radius 3 is 0.742 bits per heavy atom. The smallest absolute Gasteiger partial charge is 0.0347 e. The molecule has 622 valence electrons. The summed E-state index contributed by atoms with van der Waals surface area (Å²) >= 11 is 0. The molecular weight excluding hydrogens is 1440 g/mol. The minimum Gasteiger partial charge on any atom is -0.0620 e. The molecule has 0 nitrogen and oxygen atoms in total.